The molecule has 1 aromatic heterocycles. The average Bonchev–Trinajstić information content (AvgIpc) is 3.17. The number of nitrogens with zero attached hydrogens (tertiary/aromatic N) is 1. The van der Waals surface area contributed by atoms with Crippen molar-refractivity contribution in [3.63, 3.8) is 0 Å². The minimum Gasteiger partial charge on any atom is -0.496 e. The van der Waals surface area contributed by atoms with Crippen molar-refractivity contribution < 1.29 is 13.9 Å². The van der Waals surface area contributed by atoms with Gasteiger partial charge < -0.3 is 14.5 Å². The van der Waals surface area contributed by atoms with E-state index in [0.29, 0.717) is 17.1 Å². The summed E-state index contributed by atoms with van der Waals surface area (Å²) in [6, 6.07) is 17.0. The fraction of sp³-hybridized carbons (Fsp3) is 0.100. The Hall–Kier alpha value is -3.52. The number of furan rings is 1. The number of nitriles is 1. The van der Waals surface area contributed by atoms with Crippen LogP contribution >= 0.6 is 0 Å². The van der Waals surface area contributed by atoms with Crippen molar-refractivity contribution in [2.24, 2.45) is 0 Å². The minimum atomic E-state index is -0.464. The lowest BCUT2D eigenvalue weighted by atomic mass is 10.0. The van der Waals surface area contributed by atoms with Gasteiger partial charge in [-0.25, -0.2) is 0 Å². The minimum absolute atomic E-state index is 0.00112. The van der Waals surface area contributed by atoms with Gasteiger partial charge in [-0.15, -0.1) is 0 Å². The van der Waals surface area contributed by atoms with Crippen LogP contribution in [0.15, 0.2) is 64.8 Å². The molecule has 0 aliphatic carbocycles. The summed E-state index contributed by atoms with van der Waals surface area (Å²) in [7, 11) is 1.56. The van der Waals surface area contributed by atoms with Crippen molar-refractivity contribution in [2.45, 2.75) is 6.54 Å². The Morgan fingerprint density at radius 2 is 2.08 bits per heavy atom. The summed E-state index contributed by atoms with van der Waals surface area (Å²) in [5.41, 5.74) is 0.700. The standard InChI is InChI=1S/C20H16N2O3/c1-24-19-9-8-14-5-2-3-7-17(14)18(19)11-15(12-21)20(23)22-13-16-6-4-10-25-16/h2-11H,13H2,1H3,(H,22,23)/b15-11-. The van der Waals surface area contributed by atoms with Gasteiger partial charge in [0.1, 0.15) is 23.2 Å². The van der Waals surface area contributed by atoms with Crippen molar-refractivity contribution in [3.8, 4) is 11.8 Å². The second kappa shape index (κ2) is 7.37. The fourth-order valence-corrected chi connectivity index (χ4v) is 2.57. The third-order valence-corrected chi connectivity index (χ3v) is 3.81. The second-order valence-corrected chi connectivity index (χ2v) is 5.33. The molecule has 0 saturated carbocycles. The zero-order chi connectivity index (χ0) is 17.6. The van der Waals surface area contributed by atoms with Crippen LogP contribution in [0.4, 0.5) is 0 Å². The molecule has 5 heteroatoms. The van der Waals surface area contributed by atoms with Crippen LogP contribution < -0.4 is 10.1 Å². The molecule has 2 aromatic carbocycles. The molecule has 0 unspecified atom stereocenters. The first-order chi connectivity index (χ1) is 12.2. The highest BCUT2D eigenvalue weighted by molar-refractivity contribution is 6.04. The predicted molar refractivity (Wildman–Crippen MR) is 94.6 cm³/mol. The number of carbonyl (C=O) groups excluding carboxylic acids is 1. The van der Waals surface area contributed by atoms with Crippen LogP contribution in [0.3, 0.4) is 0 Å². The van der Waals surface area contributed by atoms with Crippen LogP contribution in [-0.4, -0.2) is 13.0 Å². The maximum atomic E-state index is 12.3. The molecular formula is C20H16N2O3. The highest BCUT2D eigenvalue weighted by Gasteiger charge is 2.13. The maximum Gasteiger partial charge on any atom is 0.262 e. The van der Waals surface area contributed by atoms with E-state index in [0.717, 1.165) is 10.8 Å². The van der Waals surface area contributed by atoms with E-state index in [1.54, 1.807) is 25.3 Å². The van der Waals surface area contributed by atoms with Gasteiger partial charge in [-0.05, 0) is 35.0 Å². The van der Waals surface area contributed by atoms with E-state index in [9.17, 15) is 10.1 Å². The number of ether oxygens (including phenoxy) is 1. The lowest BCUT2D eigenvalue weighted by Crippen LogP contribution is -2.23. The van der Waals surface area contributed by atoms with Gasteiger partial charge in [0, 0.05) is 5.56 Å². The topological polar surface area (TPSA) is 75.3 Å². The molecule has 1 heterocycles. The summed E-state index contributed by atoms with van der Waals surface area (Å²) in [4.78, 5) is 12.3. The highest BCUT2D eigenvalue weighted by atomic mass is 16.5. The first-order valence-electron chi connectivity index (χ1n) is 7.71. The molecule has 3 rings (SSSR count). The Morgan fingerprint density at radius 1 is 1.24 bits per heavy atom. The van der Waals surface area contributed by atoms with Crippen LogP contribution in [0.1, 0.15) is 11.3 Å². The summed E-state index contributed by atoms with van der Waals surface area (Å²) >= 11 is 0. The molecule has 1 amide bonds. The quantitative estimate of drug-likeness (QED) is 0.571. The number of amides is 1. The zero-order valence-corrected chi connectivity index (χ0v) is 13.7. The molecular weight excluding hydrogens is 316 g/mol. The lowest BCUT2D eigenvalue weighted by Gasteiger charge is -2.09. The normalized spacial score (nSPS) is 11.1. The number of carbonyl (C=O) groups is 1. The molecule has 0 aliphatic heterocycles. The van der Waals surface area contributed by atoms with E-state index in [1.807, 2.05) is 42.5 Å². The first kappa shape index (κ1) is 16.3. The van der Waals surface area contributed by atoms with E-state index in [4.69, 9.17) is 9.15 Å². The van der Waals surface area contributed by atoms with E-state index in [2.05, 4.69) is 5.32 Å². The highest BCUT2D eigenvalue weighted by Crippen LogP contribution is 2.30. The second-order valence-electron chi connectivity index (χ2n) is 5.33. The number of benzene rings is 2. The molecule has 5 nitrogen and oxygen atoms in total. The van der Waals surface area contributed by atoms with Crippen LogP contribution in [0.5, 0.6) is 5.75 Å². The largest absolute Gasteiger partial charge is 0.496 e. The van der Waals surface area contributed by atoms with Crippen LogP contribution in [0.25, 0.3) is 16.8 Å². The molecule has 3 aromatic rings. The Bertz CT molecular complexity index is 966. The molecule has 0 fully saturated rings. The third-order valence-electron chi connectivity index (χ3n) is 3.81. The SMILES string of the molecule is COc1ccc2ccccc2c1/C=C(/C#N)C(=O)NCc1ccco1. The molecule has 0 radical (unpaired) electrons. The Labute approximate surface area is 145 Å². The smallest absolute Gasteiger partial charge is 0.262 e. The molecule has 0 saturated heterocycles. The van der Waals surface area contributed by atoms with E-state index >= 15 is 0 Å². The fourth-order valence-electron chi connectivity index (χ4n) is 2.57. The van der Waals surface area contributed by atoms with Gasteiger partial charge in [-0.2, -0.15) is 5.26 Å². The molecule has 0 aliphatic rings. The molecule has 0 atom stereocenters. The molecule has 0 bridgehead atoms. The Morgan fingerprint density at radius 3 is 2.80 bits per heavy atom. The third kappa shape index (κ3) is 3.54. The van der Waals surface area contributed by atoms with Gasteiger partial charge in [0.2, 0.25) is 0 Å². The monoisotopic (exact) mass is 332 g/mol. The summed E-state index contributed by atoms with van der Waals surface area (Å²) in [6.45, 7) is 0.220. The molecule has 1 N–H and O–H groups in total. The summed E-state index contributed by atoms with van der Waals surface area (Å²) in [6.07, 6.45) is 3.09. The number of hydrogen-bond donors (Lipinski definition) is 1. The number of fused-ring (bicyclic) bond motifs is 1. The average molecular weight is 332 g/mol. The van der Waals surface area contributed by atoms with Crippen molar-refractivity contribution >= 4 is 22.8 Å². The van der Waals surface area contributed by atoms with Gasteiger partial charge in [-0.1, -0.05) is 30.3 Å². The van der Waals surface area contributed by atoms with Gasteiger partial charge in [-0.3, -0.25) is 4.79 Å². The number of rotatable bonds is 5. The Balaban J connectivity index is 1.95. The zero-order valence-electron chi connectivity index (χ0n) is 13.7. The number of methoxy groups -OCH3 is 1. The number of hydrogen-bond acceptors (Lipinski definition) is 4. The summed E-state index contributed by atoms with van der Waals surface area (Å²) in [5.74, 6) is 0.757. The lowest BCUT2D eigenvalue weighted by molar-refractivity contribution is -0.117. The summed E-state index contributed by atoms with van der Waals surface area (Å²) < 4.78 is 10.6. The molecule has 124 valence electrons. The van der Waals surface area contributed by atoms with Crippen LogP contribution in [-0.2, 0) is 11.3 Å². The van der Waals surface area contributed by atoms with E-state index < -0.39 is 5.91 Å². The van der Waals surface area contributed by atoms with Crippen LogP contribution in [0, 0.1) is 11.3 Å². The van der Waals surface area contributed by atoms with Crippen molar-refractivity contribution in [3.05, 3.63) is 71.7 Å². The van der Waals surface area contributed by atoms with Gasteiger partial charge in [0.25, 0.3) is 5.91 Å². The van der Waals surface area contributed by atoms with E-state index in [-0.39, 0.29) is 12.1 Å². The Kier molecular flexibility index (Phi) is 4.82. The van der Waals surface area contributed by atoms with Gasteiger partial charge >= 0.3 is 0 Å². The van der Waals surface area contributed by atoms with Gasteiger partial charge in [0.05, 0.1) is 19.9 Å². The van der Waals surface area contributed by atoms with Gasteiger partial charge in [0.15, 0.2) is 0 Å². The molecule has 25 heavy (non-hydrogen) atoms. The first-order valence-corrected chi connectivity index (χ1v) is 7.71. The maximum absolute atomic E-state index is 12.3. The predicted octanol–water partition coefficient (Wildman–Crippen LogP) is 3.66. The summed E-state index contributed by atoms with van der Waals surface area (Å²) in [5, 5.41) is 14.0. The van der Waals surface area contributed by atoms with Crippen molar-refractivity contribution in [2.75, 3.05) is 7.11 Å². The van der Waals surface area contributed by atoms with Crippen LogP contribution in [0.2, 0.25) is 0 Å². The van der Waals surface area contributed by atoms with Crippen molar-refractivity contribution in [1.82, 2.24) is 5.32 Å². The van der Waals surface area contributed by atoms with Crippen molar-refractivity contribution in [1.29, 1.82) is 5.26 Å². The van der Waals surface area contributed by atoms with E-state index in [1.165, 1.54) is 6.26 Å². The number of nitrogens with one attached hydrogen (secondary N) is 1. The molecule has 0 spiro atoms.